The highest BCUT2D eigenvalue weighted by molar-refractivity contribution is 7.85. The molecular formula is C59H77N2O15S+. The van der Waals surface area contributed by atoms with E-state index in [1.165, 1.54) is 46.5 Å². The van der Waals surface area contributed by atoms with E-state index in [1.807, 2.05) is 24.3 Å². The lowest BCUT2D eigenvalue weighted by Crippen LogP contribution is -2.53. The fraction of sp³-hybridized carbons (Fsp3) is 0.458. The summed E-state index contributed by atoms with van der Waals surface area (Å²) in [6, 6.07) is 27.7. The number of nitrogens with zero attached hydrogens (tertiary/aromatic N) is 2. The van der Waals surface area contributed by atoms with E-state index in [4.69, 9.17) is 47.4 Å². The third-order valence-electron chi connectivity index (χ3n) is 15.1. The SMILES string of the molecule is COc1ccc(C[C@@H]2c3cc(OC)c(OC)cc3CC[N@+]2(C)CCC(=O)OCCCCCOC(=O)CC[N@@+]2(C)CCc3cc(OC)c(OC)cc3[C@H]2Cc2ccc(OC)c(OC)c2)cc1OC.O=S(=O)([O-])c1ccccc1. The molecule has 2 aliphatic rings. The van der Waals surface area contributed by atoms with E-state index in [0.29, 0.717) is 107 Å². The van der Waals surface area contributed by atoms with E-state index in [0.717, 1.165) is 56.3 Å². The molecule has 2 heterocycles. The molecule has 7 rings (SSSR count). The maximum Gasteiger partial charge on any atom is 0.311 e. The first kappa shape index (κ1) is 59.5. The fourth-order valence-corrected chi connectivity index (χ4v) is 11.0. The second kappa shape index (κ2) is 27.5. The van der Waals surface area contributed by atoms with Crippen molar-refractivity contribution in [2.24, 2.45) is 0 Å². The predicted octanol–water partition coefficient (Wildman–Crippen LogP) is 8.66. The zero-order valence-corrected chi connectivity index (χ0v) is 47.2. The number of rotatable bonds is 25. The molecule has 0 aromatic heterocycles. The van der Waals surface area contributed by atoms with Crippen LogP contribution >= 0.6 is 0 Å². The Bertz CT molecular complexity index is 2720. The molecule has 18 heteroatoms. The maximum atomic E-state index is 13.2. The van der Waals surface area contributed by atoms with Gasteiger partial charge in [-0.2, -0.15) is 0 Å². The van der Waals surface area contributed by atoms with Crippen LogP contribution in [-0.4, -0.2) is 144 Å². The molecule has 0 aliphatic carbocycles. The molecule has 0 fully saturated rings. The Labute approximate surface area is 454 Å². The number of benzene rings is 5. The fourth-order valence-electron chi connectivity index (χ4n) is 10.5. The number of ether oxygens (including phenoxy) is 10. The Morgan fingerprint density at radius 2 is 0.857 bits per heavy atom. The normalized spacial score (nSPS) is 18.5. The van der Waals surface area contributed by atoms with Crippen molar-refractivity contribution in [3.63, 3.8) is 0 Å². The van der Waals surface area contributed by atoms with Crippen LogP contribution in [0.1, 0.15) is 77.6 Å². The number of likely N-dealkylation sites (N-methyl/N-ethyl adjacent to an activating group) is 2. The van der Waals surface area contributed by atoms with Crippen LogP contribution in [0.3, 0.4) is 0 Å². The molecule has 5 aromatic carbocycles. The van der Waals surface area contributed by atoms with E-state index in [-0.39, 0.29) is 28.9 Å². The first-order valence-electron chi connectivity index (χ1n) is 25.9. The highest BCUT2D eigenvalue weighted by atomic mass is 32.2. The largest absolute Gasteiger partial charge is 0.744 e. The number of quaternary nitrogens is 2. The van der Waals surface area contributed by atoms with E-state index >= 15 is 0 Å². The van der Waals surface area contributed by atoms with Crippen molar-refractivity contribution in [3.05, 3.63) is 124 Å². The number of fused-ring (bicyclic) bond motifs is 2. The van der Waals surface area contributed by atoms with E-state index in [1.54, 1.807) is 62.9 Å². The average molecular weight is 1090 g/mol. The number of carbonyl (C=O) groups is 2. The minimum absolute atomic E-state index is 0.0393. The van der Waals surface area contributed by atoms with Crippen molar-refractivity contribution >= 4 is 22.1 Å². The summed E-state index contributed by atoms with van der Waals surface area (Å²) in [6.45, 7) is 3.57. The van der Waals surface area contributed by atoms with Crippen molar-refractivity contribution in [2.45, 2.75) is 74.8 Å². The van der Waals surface area contributed by atoms with Crippen LogP contribution in [0.5, 0.6) is 46.0 Å². The predicted molar refractivity (Wildman–Crippen MR) is 290 cm³/mol. The van der Waals surface area contributed by atoms with Gasteiger partial charge in [0.05, 0.1) is 128 Å². The zero-order chi connectivity index (χ0) is 55.8. The summed E-state index contributed by atoms with van der Waals surface area (Å²) in [5.41, 5.74) is 7.00. The number of hydrogen-bond donors (Lipinski definition) is 0. The Balaban J connectivity index is 0.000000861. The summed E-state index contributed by atoms with van der Waals surface area (Å²) < 4.78 is 88.7. The van der Waals surface area contributed by atoms with Crippen molar-refractivity contribution in [1.29, 1.82) is 0 Å². The molecule has 0 spiro atoms. The van der Waals surface area contributed by atoms with Gasteiger partial charge in [-0.25, -0.2) is 8.42 Å². The molecule has 0 N–H and O–H groups in total. The van der Waals surface area contributed by atoms with Gasteiger partial charge >= 0.3 is 11.9 Å². The molecule has 77 heavy (non-hydrogen) atoms. The van der Waals surface area contributed by atoms with Crippen LogP contribution in [0.25, 0.3) is 0 Å². The lowest BCUT2D eigenvalue weighted by Gasteiger charge is -2.46. The molecule has 0 unspecified atom stereocenters. The van der Waals surface area contributed by atoms with Gasteiger partial charge in [0.15, 0.2) is 46.0 Å². The molecule has 5 aromatic rings. The summed E-state index contributed by atoms with van der Waals surface area (Å²) >= 11 is 0. The highest BCUT2D eigenvalue weighted by Gasteiger charge is 2.42. The van der Waals surface area contributed by atoms with Crippen LogP contribution in [0.2, 0.25) is 0 Å². The van der Waals surface area contributed by atoms with Crippen LogP contribution in [0.4, 0.5) is 0 Å². The topological polar surface area (TPSA) is 184 Å². The second-order valence-electron chi connectivity index (χ2n) is 19.8. The molecule has 0 amide bonds. The molecule has 0 saturated carbocycles. The van der Waals surface area contributed by atoms with Gasteiger partial charge in [0.1, 0.15) is 22.2 Å². The monoisotopic (exact) mass is 1090 g/mol. The second-order valence-corrected chi connectivity index (χ2v) is 21.1. The number of hydrogen-bond acceptors (Lipinski definition) is 15. The van der Waals surface area contributed by atoms with Gasteiger partial charge in [-0.3, -0.25) is 9.59 Å². The summed E-state index contributed by atoms with van der Waals surface area (Å²) in [7, 11) is 13.4. The average Bonchev–Trinajstić information content (AvgIpc) is 3.46. The summed E-state index contributed by atoms with van der Waals surface area (Å²) in [5.74, 6) is 5.06. The Morgan fingerprint density at radius 3 is 1.21 bits per heavy atom. The third-order valence-corrected chi connectivity index (χ3v) is 15.9. The lowest BCUT2D eigenvalue weighted by molar-refractivity contribution is -0.940. The Morgan fingerprint density at radius 1 is 0.494 bits per heavy atom. The number of unbranched alkanes of at least 4 members (excludes halogenated alkanes) is 2. The molecule has 0 radical (unpaired) electrons. The van der Waals surface area contributed by atoms with Crippen molar-refractivity contribution < 1.29 is 78.9 Å². The minimum atomic E-state index is -4.25. The van der Waals surface area contributed by atoms with Crippen LogP contribution in [0, 0.1) is 0 Å². The molecule has 2 aliphatic heterocycles. The minimum Gasteiger partial charge on any atom is -0.744 e. The smallest absolute Gasteiger partial charge is 0.311 e. The first-order valence-corrected chi connectivity index (χ1v) is 27.3. The van der Waals surface area contributed by atoms with Gasteiger partial charge in [0, 0.05) is 36.8 Å². The van der Waals surface area contributed by atoms with E-state index < -0.39 is 10.1 Å². The molecule has 4 atom stereocenters. The summed E-state index contributed by atoms with van der Waals surface area (Å²) in [6.07, 6.45) is 5.85. The van der Waals surface area contributed by atoms with E-state index in [9.17, 15) is 22.6 Å². The Hall–Kier alpha value is -6.73. The van der Waals surface area contributed by atoms with E-state index in [2.05, 4.69) is 50.5 Å². The maximum absolute atomic E-state index is 13.2. The van der Waals surface area contributed by atoms with Crippen LogP contribution < -0.4 is 37.9 Å². The zero-order valence-electron chi connectivity index (χ0n) is 46.3. The highest BCUT2D eigenvalue weighted by Crippen LogP contribution is 2.45. The number of carbonyl (C=O) groups excluding carboxylic acids is 2. The van der Waals surface area contributed by atoms with Gasteiger partial charge < -0.3 is 60.9 Å². The standard InChI is InChI=1S/C53H72N2O12.C6H6O3S/c1-54(22-18-38-32-48(62-7)50(64-9)34-40(38)42(54)28-36-14-16-44(58-3)46(30-36)60-5)24-20-52(56)66-26-12-11-13-27-67-53(57)21-25-55(2)23-19-39-33-49(63-8)51(65-10)35-41(39)43(55)29-37-15-17-45(59-4)47(31-37)61-6;7-10(8,9)6-4-2-1-3-5-6/h14-17,30-35,42-43H,11-13,18-29H2,1-10H3;1-5H,(H,7,8,9)/q+2;/p-1/t42-,43-,54-,55-;/m1./s1. The van der Waals surface area contributed by atoms with Gasteiger partial charge in [-0.1, -0.05) is 30.3 Å². The number of esters is 2. The van der Waals surface area contributed by atoms with Crippen molar-refractivity contribution in [3.8, 4) is 46.0 Å². The van der Waals surface area contributed by atoms with Crippen LogP contribution in [0.15, 0.2) is 95.9 Å². The quantitative estimate of drug-likeness (QED) is 0.0234. The summed E-state index contributed by atoms with van der Waals surface area (Å²) in [4.78, 5) is 26.2. The number of methoxy groups -OCH3 is 8. The van der Waals surface area contributed by atoms with Gasteiger partial charge in [0.2, 0.25) is 0 Å². The van der Waals surface area contributed by atoms with Gasteiger partial charge in [-0.05, 0) is 102 Å². The third kappa shape index (κ3) is 15.3. The molecular weight excluding hydrogens is 1010 g/mol. The van der Waals surface area contributed by atoms with Crippen LogP contribution in [-0.2, 0) is 54.9 Å². The first-order chi connectivity index (χ1) is 37.0. The lowest BCUT2D eigenvalue weighted by atomic mass is 9.86. The summed E-state index contributed by atoms with van der Waals surface area (Å²) in [5, 5.41) is 0. The van der Waals surface area contributed by atoms with Crippen molar-refractivity contribution in [2.75, 3.05) is 110 Å². The van der Waals surface area contributed by atoms with Gasteiger partial charge in [-0.15, -0.1) is 0 Å². The Kier molecular flexibility index (Phi) is 21.3. The molecule has 0 saturated heterocycles. The molecule has 0 bridgehead atoms. The molecule has 418 valence electrons. The van der Waals surface area contributed by atoms with Gasteiger partial charge in [0.25, 0.3) is 0 Å². The molecule has 17 nitrogen and oxygen atoms in total. The van der Waals surface area contributed by atoms with Crippen molar-refractivity contribution in [1.82, 2.24) is 0 Å².